The predicted molar refractivity (Wildman–Crippen MR) is 51.5 cm³/mol. The molecule has 1 aliphatic heterocycles. The first-order valence-electron chi connectivity index (χ1n) is 5.03. The number of hydrogen-bond acceptors (Lipinski definition) is 3. The number of amides is 2. The standard InChI is InChI=1S/C10H16N2O2/c1-10(2)3-7(4-10)12-5-8(13)11-9(14)6-12/h7H,3-6H2,1-2H3,(H,11,13,14). The van der Waals surface area contributed by atoms with Crippen LogP contribution in [0.5, 0.6) is 0 Å². The molecule has 0 aromatic carbocycles. The summed E-state index contributed by atoms with van der Waals surface area (Å²) < 4.78 is 0. The fourth-order valence-electron chi connectivity index (χ4n) is 2.39. The second-order valence-corrected chi connectivity index (χ2v) is 5.10. The van der Waals surface area contributed by atoms with Crippen molar-refractivity contribution < 1.29 is 9.59 Å². The predicted octanol–water partition coefficient (Wildman–Crippen LogP) is 0.133. The molecule has 0 unspecified atom stereocenters. The molecule has 0 atom stereocenters. The Hall–Kier alpha value is -0.900. The minimum Gasteiger partial charge on any atom is -0.294 e. The third-order valence-corrected chi connectivity index (χ3v) is 3.07. The van der Waals surface area contributed by atoms with Crippen LogP contribution in [0.3, 0.4) is 0 Å². The lowest BCUT2D eigenvalue weighted by Crippen LogP contribution is -2.58. The number of imide groups is 1. The van der Waals surface area contributed by atoms with E-state index in [1.165, 1.54) is 0 Å². The Balaban J connectivity index is 1.93. The van der Waals surface area contributed by atoms with E-state index < -0.39 is 0 Å². The molecule has 2 fully saturated rings. The average Bonchev–Trinajstić information content (AvgIpc) is 1.97. The molecule has 0 aromatic heterocycles. The Morgan fingerprint density at radius 1 is 1.21 bits per heavy atom. The molecule has 2 rings (SSSR count). The molecular formula is C10H16N2O2. The molecule has 1 aliphatic carbocycles. The average molecular weight is 196 g/mol. The lowest BCUT2D eigenvalue weighted by molar-refractivity contribution is -0.139. The fraction of sp³-hybridized carbons (Fsp3) is 0.800. The van der Waals surface area contributed by atoms with E-state index in [9.17, 15) is 9.59 Å². The number of hydrogen-bond donors (Lipinski definition) is 1. The van der Waals surface area contributed by atoms with E-state index in [-0.39, 0.29) is 11.8 Å². The van der Waals surface area contributed by atoms with Crippen LogP contribution in [0.25, 0.3) is 0 Å². The quantitative estimate of drug-likeness (QED) is 0.607. The Morgan fingerprint density at radius 2 is 1.71 bits per heavy atom. The van der Waals surface area contributed by atoms with Gasteiger partial charge in [0.05, 0.1) is 13.1 Å². The van der Waals surface area contributed by atoms with E-state index in [2.05, 4.69) is 19.2 Å². The largest absolute Gasteiger partial charge is 0.294 e. The van der Waals surface area contributed by atoms with Gasteiger partial charge in [-0.25, -0.2) is 0 Å². The maximum atomic E-state index is 11.1. The van der Waals surface area contributed by atoms with Gasteiger partial charge in [0.25, 0.3) is 0 Å². The lowest BCUT2D eigenvalue weighted by Gasteiger charge is -2.48. The van der Waals surface area contributed by atoms with E-state index in [0.29, 0.717) is 24.5 Å². The van der Waals surface area contributed by atoms with Crippen molar-refractivity contribution in [3.63, 3.8) is 0 Å². The number of carbonyl (C=O) groups is 2. The van der Waals surface area contributed by atoms with Crippen molar-refractivity contribution >= 4 is 11.8 Å². The highest BCUT2D eigenvalue weighted by atomic mass is 16.2. The minimum absolute atomic E-state index is 0.161. The molecule has 1 heterocycles. The molecule has 14 heavy (non-hydrogen) atoms. The maximum Gasteiger partial charge on any atom is 0.240 e. The van der Waals surface area contributed by atoms with Crippen LogP contribution in [0.2, 0.25) is 0 Å². The summed E-state index contributed by atoms with van der Waals surface area (Å²) in [6.45, 7) is 5.20. The van der Waals surface area contributed by atoms with Crippen LogP contribution >= 0.6 is 0 Å². The molecule has 1 N–H and O–H groups in total. The van der Waals surface area contributed by atoms with Gasteiger partial charge >= 0.3 is 0 Å². The highest BCUT2D eigenvalue weighted by molar-refractivity contribution is 5.99. The summed E-state index contributed by atoms with van der Waals surface area (Å²) in [5, 5.41) is 2.31. The van der Waals surface area contributed by atoms with Crippen LogP contribution in [0.1, 0.15) is 26.7 Å². The fourth-order valence-corrected chi connectivity index (χ4v) is 2.39. The zero-order chi connectivity index (χ0) is 10.3. The molecule has 0 radical (unpaired) electrons. The van der Waals surface area contributed by atoms with Gasteiger partial charge in [0.1, 0.15) is 0 Å². The minimum atomic E-state index is -0.161. The van der Waals surface area contributed by atoms with Gasteiger partial charge in [0.2, 0.25) is 11.8 Å². The van der Waals surface area contributed by atoms with Crippen molar-refractivity contribution in [2.24, 2.45) is 5.41 Å². The van der Waals surface area contributed by atoms with Crippen LogP contribution < -0.4 is 5.32 Å². The van der Waals surface area contributed by atoms with Crippen LogP contribution in [-0.2, 0) is 9.59 Å². The molecule has 4 heteroatoms. The number of piperazine rings is 1. The van der Waals surface area contributed by atoms with Gasteiger partial charge < -0.3 is 0 Å². The number of nitrogens with zero attached hydrogens (tertiary/aromatic N) is 1. The summed E-state index contributed by atoms with van der Waals surface area (Å²) in [5.41, 5.74) is 0.391. The van der Waals surface area contributed by atoms with E-state index in [4.69, 9.17) is 0 Å². The van der Waals surface area contributed by atoms with E-state index in [1.54, 1.807) is 0 Å². The molecule has 0 spiro atoms. The summed E-state index contributed by atoms with van der Waals surface area (Å²) in [5.74, 6) is -0.322. The smallest absolute Gasteiger partial charge is 0.240 e. The van der Waals surface area contributed by atoms with Gasteiger partial charge in [-0.3, -0.25) is 19.8 Å². The van der Waals surface area contributed by atoms with Crippen molar-refractivity contribution in [3.05, 3.63) is 0 Å². The first-order chi connectivity index (χ1) is 6.46. The van der Waals surface area contributed by atoms with Gasteiger partial charge in [-0.2, -0.15) is 0 Å². The second kappa shape index (κ2) is 3.05. The zero-order valence-electron chi connectivity index (χ0n) is 8.67. The SMILES string of the molecule is CC1(C)CC(N2CC(=O)NC(=O)C2)C1. The summed E-state index contributed by atoms with van der Waals surface area (Å²) in [7, 11) is 0. The number of rotatable bonds is 1. The molecule has 1 saturated carbocycles. The summed E-state index contributed by atoms with van der Waals surface area (Å²) in [6.07, 6.45) is 2.18. The molecule has 78 valence electrons. The Morgan fingerprint density at radius 3 is 2.14 bits per heavy atom. The topological polar surface area (TPSA) is 49.4 Å². The molecule has 1 saturated heterocycles. The van der Waals surface area contributed by atoms with E-state index in [0.717, 1.165) is 12.8 Å². The van der Waals surface area contributed by atoms with E-state index in [1.807, 2.05) is 4.90 Å². The Bertz CT molecular complexity index is 262. The summed E-state index contributed by atoms with van der Waals surface area (Å²) >= 11 is 0. The number of carbonyl (C=O) groups excluding carboxylic acids is 2. The second-order valence-electron chi connectivity index (χ2n) is 5.10. The van der Waals surface area contributed by atoms with Crippen LogP contribution in [-0.4, -0.2) is 35.8 Å². The number of nitrogens with one attached hydrogen (secondary N) is 1. The third-order valence-electron chi connectivity index (χ3n) is 3.07. The van der Waals surface area contributed by atoms with Crippen molar-refractivity contribution in [1.29, 1.82) is 0 Å². The van der Waals surface area contributed by atoms with Crippen LogP contribution in [0.4, 0.5) is 0 Å². The van der Waals surface area contributed by atoms with E-state index >= 15 is 0 Å². The van der Waals surface area contributed by atoms with Crippen molar-refractivity contribution in [1.82, 2.24) is 10.2 Å². The lowest BCUT2D eigenvalue weighted by atomic mass is 9.68. The van der Waals surface area contributed by atoms with Gasteiger partial charge in [0, 0.05) is 6.04 Å². The monoisotopic (exact) mass is 196 g/mol. The maximum absolute atomic E-state index is 11.1. The van der Waals surface area contributed by atoms with Gasteiger partial charge in [-0.05, 0) is 18.3 Å². The highest BCUT2D eigenvalue weighted by Crippen LogP contribution is 2.42. The van der Waals surface area contributed by atoms with Gasteiger partial charge in [-0.1, -0.05) is 13.8 Å². The normalized spacial score (nSPS) is 28.4. The summed E-state index contributed by atoms with van der Waals surface area (Å²) in [4.78, 5) is 24.2. The molecule has 4 nitrogen and oxygen atoms in total. The van der Waals surface area contributed by atoms with Crippen molar-refractivity contribution in [2.75, 3.05) is 13.1 Å². The third kappa shape index (κ3) is 1.80. The van der Waals surface area contributed by atoms with Crippen molar-refractivity contribution in [2.45, 2.75) is 32.7 Å². The van der Waals surface area contributed by atoms with Crippen LogP contribution in [0, 0.1) is 5.41 Å². The van der Waals surface area contributed by atoms with Gasteiger partial charge in [-0.15, -0.1) is 0 Å². The molecule has 0 bridgehead atoms. The molecule has 2 amide bonds. The first-order valence-corrected chi connectivity index (χ1v) is 5.03. The Kier molecular flexibility index (Phi) is 2.10. The Labute approximate surface area is 83.6 Å². The molecule has 2 aliphatic rings. The van der Waals surface area contributed by atoms with Crippen molar-refractivity contribution in [3.8, 4) is 0 Å². The molecule has 0 aromatic rings. The first kappa shape index (κ1) is 9.65. The highest BCUT2D eigenvalue weighted by Gasteiger charge is 2.41. The zero-order valence-corrected chi connectivity index (χ0v) is 8.67. The van der Waals surface area contributed by atoms with Gasteiger partial charge in [0.15, 0.2) is 0 Å². The molecular weight excluding hydrogens is 180 g/mol. The van der Waals surface area contributed by atoms with Crippen LogP contribution in [0.15, 0.2) is 0 Å². The summed E-state index contributed by atoms with van der Waals surface area (Å²) in [6, 6.07) is 0.431.